The van der Waals surface area contributed by atoms with Gasteiger partial charge < -0.3 is 45.1 Å². The molecule has 15 heteroatoms. The van der Waals surface area contributed by atoms with Gasteiger partial charge >= 0.3 is 12.1 Å². The number of amides is 2. The van der Waals surface area contributed by atoms with E-state index in [2.05, 4.69) is 20.9 Å². The fourth-order valence-electron chi connectivity index (χ4n) is 9.23. The van der Waals surface area contributed by atoms with E-state index in [1.54, 1.807) is 12.1 Å². The molecular formula is C40H57ClN4O9S. The number of nitrogens with one attached hydrogen (secondary N) is 3. The van der Waals surface area contributed by atoms with Crippen molar-refractivity contribution in [2.45, 2.75) is 120 Å². The van der Waals surface area contributed by atoms with E-state index in [-0.39, 0.29) is 48.5 Å². The number of fused-ring (bicyclic) bond motifs is 1. The summed E-state index contributed by atoms with van der Waals surface area (Å²) in [6.45, 7) is 1.36. The fraction of sp³-hybridized carbons (Fsp3) is 0.675. The maximum atomic E-state index is 13.4. The Labute approximate surface area is 332 Å². The Morgan fingerprint density at radius 1 is 1.11 bits per heavy atom. The number of anilines is 1. The lowest BCUT2D eigenvalue weighted by molar-refractivity contribution is -0.180. The smallest absolute Gasteiger partial charge is 0.411 e. The zero-order valence-corrected chi connectivity index (χ0v) is 33.4. The van der Waals surface area contributed by atoms with E-state index in [1.165, 1.54) is 18.4 Å². The average Bonchev–Trinajstić information content (AvgIpc) is 3.93. The van der Waals surface area contributed by atoms with Gasteiger partial charge in [0.1, 0.15) is 18.5 Å². The van der Waals surface area contributed by atoms with Gasteiger partial charge in [-0.3, -0.25) is 10.1 Å². The molecule has 1 saturated heterocycles. The molecule has 304 valence electrons. The molecule has 4 fully saturated rings. The Hall–Kier alpha value is -2.98. The molecule has 1 aromatic heterocycles. The molecule has 0 radical (unpaired) electrons. The quantitative estimate of drug-likeness (QED) is 0.134. The first kappa shape index (κ1) is 41.6. The summed E-state index contributed by atoms with van der Waals surface area (Å²) in [4.78, 5) is 40.9. The number of carbonyl (C=O) groups excluding carboxylic acids is 3. The van der Waals surface area contributed by atoms with Crippen molar-refractivity contribution in [1.29, 1.82) is 0 Å². The van der Waals surface area contributed by atoms with Crippen LogP contribution in [0.2, 0.25) is 5.02 Å². The van der Waals surface area contributed by atoms with Crippen LogP contribution in [0.25, 0.3) is 0 Å². The van der Waals surface area contributed by atoms with Gasteiger partial charge in [0.05, 0.1) is 36.1 Å². The summed E-state index contributed by atoms with van der Waals surface area (Å²) >= 11 is 7.97. The van der Waals surface area contributed by atoms with Crippen molar-refractivity contribution in [3.63, 3.8) is 0 Å². The molecule has 6 atom stereocenters. The Morgan fingerprint density at radius 2 is 1.87 bits per heavy atom. The van der Waals surface area contributed by atoms with Crippen LogP contribution in [0.4, 0.5) is 10.5 Å². The third-order valence-electron chi connectivity index (χ3n) is 12.4. The lowest BCUT2D eigenvalue weighted by Gasteiger charge is -2.45. The van der Waals surface area contributed by atoms with Crippen LogP contribution in [0.1, 0.15) is 87.5 Å². The minimum atomic E-state index is -1.58. The second kappa shape index (κ2) is 19.0. The number of esters is 1. The minimum absolute atomic E-state index is 0.0263. The molecule has 13 nitrogen and oxygen atoms in total. The van der Waals surface area contributed by atoms with Crippen LogP contribution in [0.5, 0.6) is 5.75 Å². The third-order valence-corrected chi connectivity index (χ3v) is 13.7. The SMILES string of the molecule is COc1cc(NC(=O)OCCN(C)C2CCC(OC(=O)[C@](O)(c3cccs3)C3CCCC3)CC2)c(Cl)cc1CNC[C@H](O)C1CCC(O)C2NC(=O)CCC21. The topological polar surface area (TPSA) is 179 Å². The molecule has 1 aromatic carbocycles. The van der Waals surface area contributed by atoms with Gasteiger partial charge in [-0.2, -0.15) is 0 Å². The second-order valence-corrected chi connectivity index (χ2v) is 17.1. The number of nitrogens with zero attached hydrogens (tertiary/aromatic N) is 1. The maximum Gasteiger partial charge on any atom is 0.411 e. The lowest BCUT2D eigenvalue weighted by Crippen LogP contribution is -2.58. The molecule has 0 spiro atoms. The number of aliphatic hydroxyl groups is 3. The van der Waals surface area contributed by atoms with Crippen molar-refractivity contribution in [2.24, 2.45) is 17.8 Å². The largest absolute Gasteiger partial charge is 0.496 e. The van der Waals surface area contributed by atoms with Gasteiger partial charge in [0.25, 0.3) is 0 Å². The number of hydrogen-bond acceptors (Lipinski definition) is 12. The summed E-state index contributed by atoms with van der Waals surface area (Å²) in [6, 6.07) is 6.96. The molecule has 2 aromatic rings. The summed E-state index contributed by atoms with van der Waals surface area (Å²) < 4.78 is 17.0. The van der Waals surface area contributed by atoms with Crippen LogP contribution in [0.3, 0.4) is 0 Å². The number of rotatable bonds is 15. The van der Waals surface area contributed by atoms with Crippen molar-refractivity contribution in [3.8, 4) is 5.75 Å². The molecule has 4 aliphatic rings. The van der Waals surface area contributed by atoms with Gasteiger partial charge in [0.15, 0.2) is 5.60 Å². The van der Waals surface area contributed by atoms with E-state index >= 15 is 0 Å². The van der Waals surface area contributed by atoms with E-state index in [9.17, 15) is 29.7 Å². The van der Waals surface area contributed by atoms with Crippen LogP contribution in [0, 0.1) is 17.8 Å². The van der Waals surface area contributed by atoms with Gasteiger partial charge in [-0.1, -0.05) is 30.5 Å². The van der Waals surface area contributed by atoms with Crippen LogP contribution in [-0.2, 0) is 31.2 Å². The summed E-state index contributed by atoms with van der Waals surface area (Å²) in [5, 5.41) is 44.3. The molecule has 3 saturated carbocycles. The summed E-state index contributed by atoms with van der Waals surface area (Å²) in [6.07, 6.45) is 6.85. The molecule has 4 unspecified atom stereocenters. The van der Waals surface area contributed by atoms with E-state index in [1.807, 2.05) is 24.6 Å². The van der Waals surface area contributed by atoms with Crippen LogP contribution in [-0.4, -0.2) is 102 Å². The van der Waals surface area contributed by atoms with Crippen molar-refractivity contribution in [3.05, 3.63) is 45.1 Å². The maximum absolute atomic E-state index is 13.4. The van der Waals surface area contributed by atoms with Crippen LogP contribution in [0.15, 0.2) is 29.6 Å². The number of thiophene rings is 1. The van der Waals surface area contributed by atoms with E-state index in [4.69, 9.17) is 25.8 Å². The predicted molar refractivity (Wildman–Crippen MR) is 209 cm³/mol. The highest BCUT2D eigenvalue weighted by Gasteiger charge is 2.49. The standard InChI is InChI=1S/C40H57ClN4O9S/c1-45(26-9-11-27(12-10-26)54-38(49)40(51,25-6-3-4-7-25)35-8-5-19-55-35)17-18-53-39(50)43-31-21-34(52-2)24(20-30(31)41)22-42-23-33(47)28-13-15-32(46)37-29(28)14-16-36(48)44-37/h5,8,19-21,25-29,32-33,37,42,46-47,51H,3-4,6-7,9-18,22-23H2,1-2H3,(H,43,50)(H,44,48)/t26?,27?,28?,29?,32?,33-,37?,40+/m0/s1. The number of ether oxygens (including phenoxy) is 3. The number of methoxy groups -OCH3 is 1. The first-order chi connectivity index (χ1) is 26.5. The fourth-order valence-corrected chi connectivity index (χ4v) is 10.4. The van der Waals surface area contributed by atoms with Gasteiger partial charge in [-0.25, -0.2) is 9.59 Å². The Balaban J connectivity index is 0.911. The first-order valence-corrected chi connectivity index (χ1v) is 21.1. The molecule has 6 N–H and O–H groups in total. The normalized spacial score (nSPS) is 27.4. The Morgan fingerprint density at radius 3 is 2.58 bits per heavy atom. The van der Waals surface area contributed by atoms with Gasteiger partial charge in [0, 0.05) is 54.5 Å². The van der Waals surface area contributed by atoms with E-state index < -0.39 is 29.9 Å². The number of aliphatic hydroxyl groups excluding tert-OH is 2. The average molecular weight is 805 g/mol. The van der Waals surface area contributed by atoms with Crippen molar-refractivity contribution in [1.82, 2.24) is 15.5 Å². The number of piperidine rings is 1. The second-order valence-electron chi connectivity index (χ2n) is 15.7. The minimum Gasteiger partial charge on any atom is -0.496 e. The Bertz CT molecular complexity index is 1600. The zero-order chi connectivity index (χ0) is 39.1. The molecule has 3 aliphatic carbocycles. The number of carbonyl (C=O) groups is 3. The molecule has 1 aliphatic heterocycles. The number of likely N-dealkylation sites (N-methyl/N-ethyl adjacent to an activating group) is 1. The zero-order valence-electron chi connectivity index (χ0n) is 31.8. The third kappa shape index (κ3) is 9.95. The molecule has 2 heterocycles. The van der Waals surface area contributed by atoms with Crippen molar-refractivity contribution in [2.75, 3.05) is 39.2 Å². The summed E-state index contributed by atoms with van der Waals surface area (Å²) in [7, 11) is 3.52. The van der Waals surface area contributed by atoms with E-state index in [0.717, 1.165) is 44.1 Å². The molecular weight excluding hydrogens is 748 g/mol. The van der Waals surface area contributed by atoms with Crippen molar-refractivity contribution < 1.29 is 43.9 Å². The lowest BCUT2D eigenvalue weighted by atomic mass is 9.68. The monoisotopic (exact) mass is 804 g/mol. The molecule has 2 amide bonds. The van der Waals surface area contributed by atoms with Gasteiger partial charge in [-0.15, -0.1) is 11.3 Å². The highest BCUT2D eigenvalue weighted by molar-refractivity contribution is 7.10. The van der Waals surface area contributed by atoms with Gasteiger partial charge in [-0.05, 0) is 94.2 Å². The molecule has 6 rings (SSSR count). The number of halogens is 1. The summed E-state index contributed by atoms with van der Waals surface area (Å²) in [5.41, 5.74) is -0.489. The van der Waals surface area contributed by atoms with E-state index in [0.29, 0.717) is 79.5 Å². The van der Waals surface area contributed by atoms with Crippen molar-refractivity contribution >= 4 is 46.6 Å². The molecule has 55 heavy (non-hydrogen) atoms. The highest BCUT2D eigenvalue weighted by atomic mass is 35.5. The summed E-state index contributed by atoms with van der Waals surface area (Å²) in [5.74, 6) is -0.198. The predicted octanol–water partition coefficient (Wildman–Crippen LogP) is 4.94. The molecule has 0 bridgehead atoms. The van der Waals surface area contributed by atoms with Crippen LogP contribution < -0.4 is 20.7 Å². The highest BCUT2D eigenvalue weighted by Crippen LogP contribution is 2.44. The Kier molecular flexibility index (Phi) is 14.4. The van der Waals surface area contributed by atoms with Gasteiger partial charge in [0.2, 0.25) is 5.91 Å². The number of hydrogen-bond donors (Lipinski definition) is 6. The number of benzene rings is 1. The first-order valence-electron chi connectivity index (χ1n) is 19.8. The van der Waals surface area contributed by atoms with Crippen LogP contribution >= 0.6 is 22.9 Å².